The molecule has 1 atom stereocenters. The van der Waals surface area contributed by atoms with Gasteiger partial charge >= 0.3 is 6.03 Å². The van der Waals surface area contributed by atoms with E-state index in [1.54, 1.807) is 12.1 Å². The average Bonchev–Trinajstić information content (AvgIpc) is 3.35. The fourth-order valence-electron chi connectivity index (χ4n) is 4.27. The van der Waals surface area contributed by atoms with Crippen molar-refractivity contribution >= 4 is 17.3 Å². The molecule has 1 aliphatic rings. The lowest BCUT2D eigenvalue weighted by molar-refractivity contribution is 0.244. The Morgan fingerprint density at radius 2 is 1.66 bits per heavy atom. The molecule has 2 heterocycles. The van der Waals surface area contributed by atoms with Crippen molar-refractivity contribution in [3.63, 3.8) is 0 Å². The Morgan fingerprint density at radius 3 is 2.31 bits per heavy atom. The van der Waals surface area contributed by atoms with Crippen LogP contribution in [0.1, 0.15) is 42.5 Å². The van der Waals surface area contributed by atoms with Crippen molar-refractivity contribution in [2.45, 2.75) is 33.2 Å². The third kappa shape index (κ3) is 4.33. The molecule has 1 aromatic heterocycles. The molecule has 4 aromatic rings. The summed E-state index contributed by atoms with van der Waals surface area (Å²) in [7, 11) is 0. The minimum absolute atomic E-state index is 0.315. The summed E-state index contributed by atoms with van der Waals surface area (Å²) in [5.41, 5.74) is 5.92. The standard InChI is InChI=1S/C28H25FN4O2/c1-4-19-7-11-21(12-8-19)26-31-27(35-32-26)24-18(3)33(23-15-13-22(29)14-16-23)28(34)30-25(24)20-9-5-17(2)6-10-20/h5-16,25H,4H2,1-3H3,(H,30,34). The molecule has 1 aliphatic heterocycles. The number of aromatic nitrogens is 2. The van der Waals surface area contributed by atoms with Crippen molar-refractivity contribution in [3.8, 4) is 11.4 Å². The number of anilines is 1. The van der Waals surface area contributed by atoms with E-state index < -0.39 is 6.04 Å². The van der Waals surface area contributed by atoms with Gasteiger partial charge in [-0.25, -0.2) is 9.18 Å². The van der Waals surface area contributed by atoms with Gasteiger partial charge in [0.25, 0.3) is 5.89 Å². The quantitative estimate of drug-likeness (QED) is 0.365. The van der Waals surface area contributed by atoms with Crippen molar-refractivity contribution in [2.75, 3.05) is 4.90 Å². The molecule has 0 aliphatic carbocycles. The lowest BCUT2D eigenvalue weighted by Gasteiger charge is -2.35. The van der Waals surface area contributed by atoms with Crippen LogP contribution in [0, 0.1) is 12.7 Å². The van der Waals surface area contributed by atoms with E-state index >= 15 is 0 Å². The summed E-state index contributed by atoms with van der Waals surface area (Å²) >= 11 is 0. The summed E-state index contributed by atoms with van der Waals surface area (Å²) in [6.07, 6.45) is 0.945. The molecule has 1 N–H and O–H groups in total. The van der Waals surface area contributed by atoms with Gasteiger partial charge in [-0.05, 0) is 55.7 Å². The van der Waals surface area contributed by atoms with E-state index in [2.05, 4.69) is 17.4 Å². The van der Waals surface area contributed by atoms with Gasteiger partial charge in [0.2, 0.25) is 5.82 Å². The first kappa shape index (κ1) is 22.5. The van der Waals surface area contributed by atoms with Crippen LogP contribution >= 0.6 is 0 Å². The van der Waals surface area contributed by atoms with Crippen LogP contribution < -0.4 is 10.2 Å². The van der Waals surface area contributed by atoms with Crippen LogP contribution in [0.25, 0.3) is 17.0 Å². The molecule has 3 aromatic carbocycles. The number of nitrogens with zero attached hydrogens (tertiary/aromatic N) is 3. The molecule has 2 amide bonds. The van der Waals surface area contributed by atoms with Crippen LogP contribution in [0.3, 0.4) is 0 Å². The molecular weight excluding hydrogens is 443 g/mol. The van der Waals surface area contributed by atoms with Gasteiger partial charge in [0, 0.05) is 11.3 Å². The Bertz CT molecular complexity index is 1390. The first-order chi connectivity index (χ1) is 16.9. The van der Waals surface area contributed by atoms with Gasteiger partial charge in [-0.2, -0.15) is 4.98 Å². The highest BCUT2D eigenvalue weighted by Gasteiger charge is 2.36. The fourth-order valence-corrected chi connectivity index (χ4v) is 4.27. The van der Waals surface area contributed by atoms with Gasteiger partial charge in [0.1, 0.15) is 5.82 Å². The maximum Gasteiger partial charge on any atom is 0.326 e. The highest BCUT2D eigenvalue weighted by atomic mass is 19.1. The number of carbonyl (C=O) groups is 1. The topological polar surface area (TPSA) is 71.3 Å². The number of aryl methyl sites for hydroxylation is 2. The monoisotopic (exact) mass is 468 g/mol. The zero-order valence-electron chi connectivity index (χ0n) is 19.7. The van der Waals surface area contributed by atoms with Crippen LogP contribution in [0.2, 0.25) is 0 Å². The van der Waals surface area contributed by atoms with Gasteiger partial charge < -0.3 is 9.84 Å². The number of hydrogen-bond donors (Lipinski definition) is 1. The maximum absolute atomic E-state index is 13.6. The highest BCUT2D eigenvalue weighted by Crippen LogP contribution is 2.39. The minimum Gasteiger partial charge on any atom is -0.334 e. The maximum atomic E-state index is 13.6. The first-order valence-electron chi connectivity index (χ1n) is 11.5. The van der Waals surface area contributed by atoms with E-state index in [9.17, 15) is 9.18 Å². The molecule has 0 bridgehead atoms. The predicted molar refractivity (Wildman–Crippen MR) is 133 cm³/mol. The summed E-state index contributed by atoms with van der Waals surface area (Å²) in [6, 6.07) is 20.9. The third-order valence-corrected chi connectivity index (χ3v) is 6.26. The van der Waals surface area contributed by atoms with Gasteiger partial charge in [0.05, 0.1) is 17.3 Å². The zero-order valence-corrected chi connectivity index (χ0v) is 19.7. The van der Waals surface area contributed by atoms with Crippen LogP contribution in [0.15, 0.2) is 83.0 Å². The van der Waals surface area contributed by atoms with Crippen LogP contribution in [-0.2, 0) is 6.42 Å². The molecule has 35 heavy (non-hydrogen) atoms. The van der Waals surface area contributed by atoms with E-state index in [0.29, 0.717) is 28.7 Å². The number of hydrogen-bond acceptors (Lipinski definition) is 4. The summed E-state index contributed by atoms with van der Waals surface area (Å²) in [4.78, 5) is 19.4. The third-order valence-electron chi connectivity index (χ3n) is 6.26. The number of carbonyl (C=O) groups excluding carboxylic acids is 1. The summed E-state index contributed by atoms with van der Waals surface area (Å²) < 4.78 is 19.3. The van der Waals surface area contributed by atoms with Gasteiger partial charge in [-0.15, -0.1) is 0 Å². The van der Waals surface area contributed by atoms with E-state index in [1.165, 1.54) is 22.6 Å². The van der Waals surface area contributed by atoms with Gasteiger partial charge in [-0.1, -0.05) is 66.2 Å². The lowest BCUT2D eigenvalue weighted by Crippen LogP contribution is -2.46. The number of halogens is 1. The molecule has 0 saturated heterocycles. The van der Waals surface area contributed by atoms with Crippen molar-refractivity contribution < 1.29 is 13.7 Å². The second-order valence-corrected chi connectivity index (χ2v) is 8.58. The highest BCUT2D eigenvalue weighted by molar-refractivity contribution is 6.01. The van der Waals surface area contributed by atoms with Crippen LogP contribution in [0.4, 0.5) is 14.9 Å². The molecule has 7 heteroatoms. The molecule has 1 unspecified atom stereocenters. The molecule has 5 rings (SSSR count). The van der Waals surface area contributed by atoms with Gasteiger partial charge in [-0.3, -0.25) is 4.90 Å². The van der Waals surface area contributed by atoms with E-state index in [-0.39, 0.29) is 11.8 Å². The average molecular weight is 469 g/mol. The Labute approximate surface area is 203 Å². The summed E-state index contributed by atoms with van der Waals surface area (Å²) in [6.45, 7) is 5.94. The largest absolute Gasteiger partial charge is 0.334 e. The number of benzene rings is 3. The second-order valence-electron chi connectivity index (χ2n) is 8.58. The van der Waals surface area contributed by atoms with Crippen LogP contribution in [0.5, 0.6) is 0 Å². The molecule has 0 radical (unpaired) electrons. The number of amides is 2. The van der Waals surface area contributed by atoms with Crippen molar-refractivity contribution in [3.05, 3.63) is 107 Å². The Hall–Kier alpha value is -4.26. The van der Waals surface area contributed by atoms with Gasteiger partial charge in [0.15, 0.2) is 0 Å². The van der Waals surface area contributed by atoms with E-state index in [1.807, 2.05) is 62.4 Å². The van der Waals surface area contributed by atoms with E-state index in [0.717, 1.165) is 23.1 Å². The number of nitrogens with one attached hydrogen (secondary N) is 1. The smallest absolute Gasteiger partial charge is 0.326 e. The number of allylic oxidation sites excluding steroid dienone is 1. The molecule has 6 nitrogen and oxygen atoms in total. The summed E-state index contributed by atoms with van der Waals surface area (Å²) in [5, 5.41) is 7.29. The normalized spacial score (nSPS) is 15.9. The summed E-state index contributed by atoms with van der Waals surface area (Å²) in [5.74, 6) is 0.409. The lowest BCUT2D eigenvalue weighted by atomic mass is 9.94. The Balaban J connectivity index is 1.62. The zero-order chi connectivity index (χ0) is 24.5. The Kier molecular flexibility index (Phi) is 5.91. The number of urea groups is 1. The number of rotatable bonds is 5. The van der Waals surface area contributed by atoms with Crippen molar-refractivity contribution in [1.82, 2.24) is 15.5 Å². The van der Waals surface area contributed by atoms with E-state index in [4.69, 9.17) is 9.51 Å². The van der Waals surface area contributed by atoms with Crippen LogP contribution in [-0.4, -0.2) is 16.2 Å². The molecule has 0 fully saturated rings. The SMILES string of the molecule is CCc1ccc(-c2noc(C3=C(C)N(c4ccc(F)cc4)C(=O)NC3c3ccc(C)cc3)n2)cc1. The molecule has 0 spiro atoms. The molecule has 176 valence electrons. The van der Waals surface area contributed by atoms with Crippen molar-refractivity contribution in [1.29, 1.82) is 0 Å². The predicted octanol–water partition coefficient (Wildman–Crippen LogP) is 6.45. The minimum atomic E-state index is -0.490. The first-order valence-corrected chi connectivity index (χ1v) is 11.5. The fraction of sp³-hybridized carbons (Fsp3) is 0.179. The van der Waals surface area contributed by atoms with Crippen molar-refractivity contribution in [2.24, 2.45) is 0 Å². The second kappa shape index (κ2) is 9.18. The molecular formula is C28H25FN4O2. The Morgan fingerprint density at radius 1 is 0.971 bits per heavy atom. The molecule has 0 saturated carbocycles.